The van der Waals surface area contributed by atoms with Crippen molar-refractivity contribution in [2.24, 2.45) is 0 Å². The SMILES string of the molecule is CCCCNS(=O)(=O)c1ccccc1NC=C(C#N)c1nn[nH]n1. The molecule has 1 aromatic carbocycles. The number of benzene rings is 1. The van der Waals surface area contributed by atoms with Crippen LogP contribution in [0.25, 0.3) is 5.57 Å². The summed E-state index contributed by atoms with van der Waals surface area (Å²) in [5, 5.41) is 25.0. The molecule has 2 rings (SSSR count). The highest BCUT2D eigenvalue weighted by Crippen LogP contribution is 2.21. The van der Waals surface area contributed by atoms with Crippen molar-refractivity contribution in [1.82, 2.24) is 25.3 Å². The third-order valence-electron chi connectivity index (χ3n) is 3.08. The van der Waals surface area contributed by atoms with Gasteiger partial charge in [-0.2, -0.15) is 10.5 Å². The maximum atomic E-state index is 12.4. The quantitative estimate of drug-likeness (QED) is 0.483. The minimum absolute atomic E-state index is 0.0998. The largest absolute Gasteiger partial charge is 0.359 e. The summed E-state index contributed by atoms with van der Waals surface area (Å²) < 4.78 is 27.3. The molecule has 0 aliphatic heterocycles. The van der Waals surface area contributed by atoms with Crippen LogP contribution in [0, 0.1) is 11.3 Å². The molecule has 0 saturated heterocycles. The summed E-state index contributed by atoms with van der Waals surface area (Å²) in [6.45, 7) is 2.35. The third-order valence-corrected chi connectivity index (χ3v) is 4.60. The van der Waals surface area contributed by atoms with Crippen molar-refractivity contribution >= 4 is 21.3 Å². The Hall–Kier alpha value is -2.77. The number of nitriles is 1. The van der Waals surface area contributed by atoms with Gasteiger partial charge in [-0.15, -0.1) is 10.2 Å². The van der Waals surface area contributed by atoms with Gasteiger partial charge in [0.05, 0.1) is 5.69 Å². The molecule has 126 valence electrons. The lowest BCUT2D eigenvalue weighted by Crippen LogP contribution is -2.25. The van der Waals surface area contributed by atoms with E-state index in [1.807, 2.05) is 13.0 Å². The van der Waals surface area contributed by atoms with Gasteiger partial charge in [0, 0.05) is 12.7 Å². The summed E-state index contributed by atoms with van der Waals surface area (Å²) in [5.74, 6) is 0.117. The van der Waals surface area contributed by atoms with Crippen LogP contribution in [0.3, 0.4) is 0 Å². The second-order valence-electron chi connectivity index (χ2n) is 4.80. The van der Waals surface area contributed by atoms with Crippen molar-refractivity contribution in [3.8, 4) is 6.07 Å². The number of H-pyrrole nitrogens is 1. The molecule has 9 nitrogen and oxygen atoms in total. The van der Waals surface area contributed by atoms with Gasteiger partial charge in [0.25, 0.3) is 0 Å². The number of nitrogens with zero attached hydrogens (tertiary/aromatic N) is 4. The standard InChI is InChI=1S/C14H17N7O2S/c1-2-3-8-17-24(22,23)13-7-5-4-6-12(13)16-10-11(9-15)14-18-20-21-19-14/h4-7,10,16-17H,2-3,8H2,1H3,(H,18,19,20,21). The third kappa shape index (κ3) is 4.37. The number of hydrogen-bond acceptors (Lipinski definition) is 7. The molecule has 10 heteroatoms. The second-order valence-corrected chi connectivity index (χ2v) is 6.53. The zero-order valence-corrected chi connectivity index (χ0v) is 13.8. The molecule has 0 saturated carbocycles. The molecule has 0 aliphatic rings. The summed E-state index contributed by atoms with van der Waals surface area (Å²) in [6, 6.07) is 8.35. The predicted molar refractivity (Wildman–Crippen MR) is 87.9 cm³/mol. The zero-order valence-electron chi connectivity index (χ0n) is 13.0. The lowest BCUT2D eigenvalue weighted by atomic mass is 10.3. The Morgan fingerprint density at radius 2 is 2.21 bits per heavy atom. The molecule has 0 unspecified atom stereocenters. The highest BCUT2D eigenvalue weighted by atomic mass is 32.2. The van der Waals surface area contributed by atoms with Gasteiger partial charge in [-0.3, -0.25) is 0 Å². The second kappa shape index (κ2) is 8.19. The fourth-order valence-electron chi connectivity index (χ4n) is 1.85. The summed E-state index contributed by atoms with van der Waals surface area (Å²) >= 11 is 0. The van der Waals surface area contributed by atoms with Crippen molar-refractivity contribution in [2.45, 2.75) is 24.7 Å². The number of rotatable bonds is 8. The summed E-state index contributed by atoms with van der Waals surface area (Å²) in [4.78, 5) is 0.0998. The van der Waals surface area contributed by atoms with Gasteiger partial charge in [-0.05, 0) is 23.8 Å². The minimum Gasteiger partial charge on any atom is -0.359 e. The Morgan fingerprint density at radius 3 is 2.88 bits per heavy atom. The number of sulfonamides is 1. The fraction of sp³-hybridized carbons (Fsp3) is 0.286. The van der Waals surface area contributed by atoms with Crippen LogP contribution < -0.4 is 10.0 Å². The number of para-hydroxylation sites is 1. The van der Waals surface area contributed by atoms with E-state index in [4.69, 9.17) is 5.26 Å². The molecule has 24 heavy (non-hydrogen) atoms. The lowest BCUT2D eigenvalue weighted by Gasteiger charge is -2.11. The van der Waals surface area contributed by atoms with Crippen LogP contribution >= 0.6 is 0 Å². The molecule has 0 bridgehead atoms. The Balaban J connectivity index is 2.25. The molecule has 0 atom stereocenters. The van der Waals surface area contributed by atoms with Crippen molar-refractivity contribution < 1.29 is 8.42 Å². The number of nitrogens with one attached hydrogen (secondary N) is 3. The van der Waals surface area contributed by atoms with Gasteiger partial charge < -0.3 is 5.32 Å². The van der Waals surface area contributed by atoms with Gasteiger partial charge in [0.15, 0.2) is 0 Å². The highest BCUT2D eigenvalue weighted by Gasteiger charge is 2.17. The average Bonchev–Trinajstić information content (AvgIpc) is 3.10. The van der Waals surface area contributed by atoms with E-state index >= 15 is 0 Å². The number of unbranched alkanes of at least 4 members (excludes halogenated alkanes) is 1. The minimum atomic E-state index is -3.65. The molecular weight excluding hydrogens is 330 g/mol. The van der Waals surface area contributed by atoms with Gasteiger partial charge >= 0.3 is 0 Å². The van der Waals surface area contributed by atoms with E-state index in [1.54, 1.807) is 18.2 Å². The van der Waals surface area contributed by atoms with E-state index in [0.29, 0.717) is 12.2 Å². The van der Waals surface area contributed by atoms with Gasteiger partial charge in [0.2, 0.25) is 15.8 Å². The number of hydrogen-bond donors (Lipinski definition) is 3. The van der Waals surface area contributed by atoms with Crippen molar-refractivity contribution in [3.05, 3.63) is 36.3 Å². The summed E-state index contributed by atoms with van der Waals surface area (Å²) in [5.41, 5.74) is 0.465. The smallest absolute Gasteiger partial charge is 0.242 e. The van der Waals surface area contributed by atoms with E-state index in [1.165, 1.54) is 12.3 Å². The van der Waals surface area contributed by atoms with E-state index < -0.39 is 10.0 Å². The highest BCUT2D eigenvalue weighted by molar-refractivity contribution is 7.89. The summed E-state index contributed by atoms with van der Waals surface area (Å²) in [7, 11) is -3.65. The van der Waals surface area contributed by atoms with Crippen LogP contribution in [0.1, 0.15) is 25.6 Å². The Morgan fingerprint density at radius 1 is 1.42 bits per heavy atom. The fourth-order valence-corrected chi connectivity index (χ4v) is 3.10. The molecule has 1 aromatic heterocycles. The molecule has 2 aromatic rings. The lowest BCUT2D eigenvalue weighted by molar-refractivity contribution is 0.578. The van der Waals surface area contributed by atoms with Gasteiger partial charge in [0.1, 0.15) is 16.5 Å². The number of allylic oxidation sites excluding steroid dienone is 1. The molecule has 0 spiro atoms. The number of anilines is 1. The number of aromatic nitrogens is 4. The maximum absolute atomic E-state index is 12.4. The zero-order chi connectivity index (χ0) is 17.4. The Kier molecular flexibility index (Phi) is 6.00. The molecule has 1 heterocycles. The molecule has 0 fully saturated rings. The molecule has 0 amide bonds. The Bertz CT molecular complexity index is 838. The Labute approximate surface area is 139 Å². The molecular formula is C14H17N7O2S. The monoisotopic (exact) mass is 347 g/mol. The first-order valence-corrected chi connectivity index (χ1v) is 8.76. The van der Waals surface area contributed by atoms with E-state index in [-0.39, 0.29) is 16.3 Å². The first kappa shape index (κ1) is 17.6. The van der Waals surface area contributed by atoms with Crippen molar-refractivity contribution in [1.29, 1.82) is 5.26 Å². The van der Waals surface area contributed by atoms with Crippen molar-refractivity contribution in [3.63, 3.8) is 0 Å². The van der Waals surface area contributed by atoms with E-state index in [9.17, 15) is 8.42 Å². The maximum Gasteiger partial charge on any atom is 0.242 e. The normalized spacial score (nSPS) is 11.9. The topological polar surface area (TPSA) is 136 Å². The van der Waals surface area contributed by atoms with Gasteiger partial charge in [-0.1, -0.05) is 25.5 Å². The molecule has 0 aliphatic carbocycles. The molecule has 0 radical (unpaired) electrons. The number of tetrazole rings is 1. The molecule has 3 N–H and O–H groups in total. The van der Waals surface area contributed by atoms with Crippen molar-refractivity contribution in [2.75, 3.05) is 11.9 Å². The van der Waals surface area contributed by atoms with Crippen LogP contribution in [0.4, 0.5) is 5.69 Å². The van der Waals surface area contributed by atoms with Gasteiger partial charge in [-0.25, -0.2) is 13.1 Å². The first-order chi connectivity index (χ1) is 11.6. The van der Waals surface area contributed by atoms with E-state index in [0.717, 1.165) is 12.8 Å². The summed E-state index contributed by atoms with van der Waals surface area (Å²) in [6.07, 6.45) is 2.98. The van der Waals surface area contributed by atoms with Crippen LogP contribution in [0.2, 0.25) is 0 Å². The predicted octanol–water partition coefficient (Wildman–Crippen LogP) is 1.25. The van der Waals surface area contributed by atoms with Crippen LogP contribution in [0.15, 0.2) is 35.4 Å². The van der Waals surface area contributed by atoms with Crippen LogP contribution in [-0.4, -0.2) is 35.6 Å². The first-order valence-electron chi connectivity index (χ1n) is 7.27. The van der Waals surface area contributed by atoms with Crippen LogP contribution in [-0.2, 0) is 10.0 Å². The van der Waals surface area contributed by atoms with Crippen LogP contribution in [0.5, 0.6) is 0 Å². The van der Waals surface area contributed by atoms with E-state index in [2.05, 4.69) is 30.7 Å². The average molecular weight is 347 g/mol. The number of aromatic amines is 1.